The van der Waals surface area contributed by atoms with Crippen molar-refractivity contribution in [3.63, 3.8) is 0 Å². The molecule has 7 heteroatoms. The molecule has 3 aromatic heterocycles. The second-order valence-corrected chi connectivity index (χ2v) is 4.84. The molecule has 23 heavy (non-hydrogen) atoms. The molecule has 0 atom stereocenters. The fourth-order valence-corrected chi connectivity index (χ4v) is 2.12. The Morgan fingerprint density at radius 2 is 1.52 bits per heavy atom. The summed E-state index contributed by atoms with van der Waals surface area (Å²) >= 11 is 0. The fraction of sp³-hybridized carbons (Fsp3) is 0.0625. The van der Waals surface area contributed by atoms with E-state index >= 15 is 0 Å². The Labute approximate surface area is 131 Å². The summed E-state index contributed by atoms with van der Waals surface area (Å²) < 4.78 is 10.4. The average Bonchev–Trinajstić information content (AvgIpc) is 3.26. The van der Waals surface area contributed by atoms with Crippen LogP contribution in [0, 0.1) is 0 Å². The van der Waals surface area contributed by atoms with E-state index in [0.29, 0.717) is 18.1 Å². The number of pyridine rings is 1. The third kappa shape index (κ3) is 2.84. The highest BCUT2D eigenvalue weighted by Crippen LogP contribution is 2.20. The fourth-order valence-electron chi connectivity index (χ4n) is 2.12. The van der Waals surface area contributed by atoms with Crippen LogP contribution in [0.2, 0.25) is 0 Å². The molecule has 0 spiro atoms. The van der Waals surface area contributed by atoms with Gasteiger partial charge in [-0.25, -0.2) is 0 Å². The maximum absolute atomic E-state index is 5.20. The maximum Gasteiger partial charge on any atom is 0.316 e. The van der Waals surface area contributed by atoms with E-state index in [2.05, 4.69) is 25.3 Å². The molecule has 0 saturated carbocycles. The van der Waals surface area contributed by atoms with Crippen LogP contribution < -0.4 is 0 Å². The van der Waals surface area contributed by atoms with Crippen LogP contribution in [-0.4, -0.2) is 25.3 Å². The molecule has 3 heterocycles. The van der Waals surface area contributed by atoms with Gasteiger partial charge in [0.1, 0.15) is 0 Å². The van der Waals surface area contributed by atoms with Crippen LogP contribution in [0.1, 0.15) is 11.4 Å². The summed E-state index contributed by atoms with van der Waals surface area (Å²) in [4.78, 5) is 12.5. The lowest BCUT2D eigenvalue weighted by Gasteiger charge is -1.93. The van der Waals surface area contributed by atoms with Gasteiger partial charge in [0.25, 0.3) is 0 Å². The molecular weight excluding hydrogens is 294 g/mol. The Morgan fingerprint density at radius 1 is 0.783 bits per heavy atom. The van der Waals surface area contributed by atoms with Gasteiger partial charge >= 0.3 is 11.8 Å². The monoisotopic (exact) mass is 305 g/mol. The van der Waals surface area contributed by atoms with E-state index in [1.807, 2.05) is 30.3 Å². The number of hydrogen-bond donors (Lipinski definition) is 0. The summed E-state index contributed by atoms with van der Waals surface area (Å²) in [5.74, 6) is 1.42. The minimum absolute atomic E-state index is 0.198. The first-order chi connectivity index (χ1) is 11.4. The van der Waals surface area contributed by atoms with Crippen molar-refractivity contribution in [1.82, 2.24) is 25.3 Å². The summed E-state index contributed by atoms with van der Waals surface area (Å²) in [6, 6.07) is 13.5. The summed E-state index contributed by atoms with van der Waals surface area (Å²) in [5.41, 5.74) is 1.90. The van der Waals surface area contributed by atoms with Gasteiger partial charge in [0.2, 0.25) is 5.82 Å². The van der Waals surface area contributed by atoms with Crippen LogP contribution >= 0.6 is 0 Å². The predicted molar refractivity (Wildman–Crippen MR) is 80.1 cm³/mol. The molecule has 0 aliphatic heterocycles. The summed E-state index contributed by atoms with van der Waals surface area (Å²) in [6.07, 6.45) is 3.90. The first-order valence-electron chi connectivity index (χ1n) is 6.99. The van der Waals surface area contributed by atoms with Gasteiger partial charge in [-0.05, 0) is 17.7 Å². The molecule has 0 radical (unpaired) electrons. The van der Waals surface area contributed by atoms with Crippen LogP contribution in [0.25, 0.3) is 23.2 Å². The van der Waals surface area contributed by atoms with Crippen molar-refractivity contribution in [3.8, 4) is 23.2 Å². The second-order valence-electron chi connectivity index (χ2n) is 4.84. The van der Waals surface area contributed by atoms with Gasteiger partial charge in [-0.1, -0.05) is 40.6 Å². The molecule has 0 saturated heterocycles. The number of benzene rings is 1. The average molecular weight is 305 g/mol. The molecule has 7 nitrogen and oxygen atoms in total. The van der Waals surface area contributed by atoms with E-state index in [4.69, 9.17) is 9.05 Å². The molecule has 0 amide bonds. The van der Waals surface area contributed by atoms with Gasteiger partial charge in [0.15, 0.2) is 5.82 Å². The van der Waals surface area contributed by atoms with E-state index < -0.39 is 0 Å². The molecular formula is C16H11N5O2. The quantitative estimate of drug-likeness (QED) is 0.572. The third-order valence-electron chi connectivity index (χ3n) is 3.22. The molecule has 0 bridgehead atoms. The zero-order valence-electron chi connectivity index (χ0n) is 12.0. The van der Waals surface area contributed by atoms with E-state index in [1.165, 1.54) is 0 Å². The minimum Gasteiger partial charge on any atom is -0.329 e. The number of aromatic nitrogens is 5. The molecule has 0 aliphatic rings. The third-order valence-corrected chi connectivity index (χ3v) is 3.22. The highest BCUT2D eigenvalue weighted by Gasteiger charge is 2.17. The van der Waals surface area contributed by atoms with E-state index in [-0.39, 0.29) is 11.8 Å². The molecule has 0 unspecified atom stereocenters. The van der Waals surface area contributed by atoms with Crippen molar-refractivity contribution in [3.05, 3.63) is 66.2 Å². The van der Waals surface area contributed by atoms with Crippen molar-refractivity contribution in [2.45, 2.75) is 6.42 Å². The van der Waals surface area contributed by atoms with Crippen molar-refractivity contribution < 1.29 is 9.05 Å². The highest BCUT2D eigenvalue weighted by atomic mass is 16.5. The molecule has 4 rings (SSSR count). The zero-order chi connectivity index (χ0) is 15.5. The Hall–Kier alpha value is -3.35. The molecule has 4 aromatic rings. The predicted octanol–water partition coefficient (Wildman–Crippen LogP) is 2.77. The van der Waals surface area contributed by atoms with Crippen LogP contribution in [0.5, 0.6) is 0 Å². The Balaban J connectivity index is 1.56. The second kappa shape index (κ2) is 5.80. The van der Waals surface area contributed by atoms with E-state index in [1.54, 1.807) is 24.5 Å². The summed E-state index contributed by atoms with van der Waals surface area (Å²) in [7, 11) is 0. The Morgan fingerprint density at radius 3 is 2.35 bits per heavy atom. The largest absolute Gasteiger partial charge is 0.329 e. The number of nitrogens with zero attached hydrogens (tertiary/aromatic N) is 5. The van der Waals surface area contributed by atoms with Crippen molar-refractivity contribution in [2.24, 2.45) is 0 Å². The number of hydrogen-bond acceptors (Lipinski definition) is 7. The van der Waals surface area contributed by atoms with Crippen LogP contribution in [0.3, 0.4) is 0 Å². The first kappa shape index (κ1) is 13.3. The van der Waals surface area contributed by atoms with Crippen LogP contribution in [0.4, 0.5) is 0 Å². The lowest BCUT2D eigenvalue weighted by atomic mass is 10.1. The van der Waals surface area contributed by atoms with Gasteiger partial charge in [-0.15, -0.1) is 0 Å². The summed E-state index contributed by atoms with van der Waals surface area (Å²) in [6.45, 7) is 0. The van der Waals surface area contributed by atoms with Gasteiger partial charge < -0.3 is 9.05 Å². The van der Waals surface area contributed by atoms with Crippen LogP contribution in [-0.2, 0) is 6.42 Å². The number of rotatable bonds is 4. The van der Waals surface area contributed by atoms with Crippen LogP contribution in [0.15, 0.2) is 63.9 Å². The standard InChI is InChI=1S/C16H11N5O2/c1-2-4-11(5-3-1)10-13-18-15(22-20-13)16-19-14(21-23-16)12-6-8-17-9-7-12/h1-9H,10H2. The molecule has 0 N–H and O–H groups in total. The van der Waals surface area contributed by atoms with Gasteiger partial charge in [0, 0.05) is 24.4 Å². The van der Waals surface area contributed by atoms with Crippen molar-refractivity contribution in [2.75, 3.05) is 0 Å². The Kier molecular flexibility index (Phi) is 3.36. The van der Waals surface area contributed by atoms with Gasteiger partial charge in [-0.3, -0.25) is 4.98 Å². The summed E-state index contributed by atoms with van der Waals surface area (Å²) in [5, 5.41) is 7.86. The molecule has 0 fully saturated rings. The van der Waals surface area contributed by atoms with E-state index in [0.717, 1.165) is 11.1 Å². The lowest BCUT2D eigenvalue weighted by Crippen LogP contribution is -1.90. The molecule has 0 aliphatic carbocycles. The van der Waals surface area contributed by atoms with Gasteiger partial charge in [-0.2, -0.15) is 9.97 Å². The Bertz CT molecular complexity index is 902. The first-order valence-corrected chi connectivity index (χ1v) is 6.99. The SMILES string of the molecule is c1ccc(Cc2noc(-c3nc(-c4ccncc4)no3)n2)cc1. The smallest absolute Gasteiger partial charge is 0.316 e. The van der Waals surface area contributed by atoms with E-state index in [9.17, 15) is 0 Å². The zero-order valence-corrected chi connectivity index (χ0v) is 12.0. The molecule has 1 aromatic carbocycles. The van der Waals surface area contributed by atoms with Crippen molar-refractivity contribution >= 4 is 0 Å². The molecule has 112 valence electrons. The normalized spacial score (nSPS) is 10.8. The highest BCUT2D eigenvalue weighted by molar-refractivity contribution is 5.55. The van der Waals surface area contributed by atoms with Gasteiger partial charge in [0.05, 0.1) is 0 Å². The minimum atomic E-state index is 0.198. The lowest BCUT2D eigenvalue weighted by molar-refractivity contribution is 0.380. The topological polar surface area (TPSA) is 90.7 Å². The van der Waals surface area contributed by atoms with Crippen molar-refractivity contribution in [1.29, 1.82) is 0 Å². The maximum atomic E-state index is 5.20.